The standard InChI is InChI=1S/C13H22N2OS/c1-3-11-4-5-13(17-11)12(8-14)15-7-6-10(9-15)16-2/h4-5,10,12H,3,6-9,14H2,1-2H3. The van der Waals surface area contributed by atoms with Crippen molar-refractivity contribution in [2.24, 2.45) is 5.73 Å². The van der Waals surface area contributed by atoms with E-state index in [9.17, 15) is 0 Å². The Kier molecular flexibility index (Phi) is 4.56. The maximum absolute atomic E-state index is 5.95. The highest BCUT2D eigenvalue weighted by atomic mass is 32.1. The van der Waals surface area contributed by atoms with Crippen molar-refractivity contribution in [1.82, 2.24) is 4.90 Å². The first-order chi connectivity index (χ1) is 8.28. The summed E-state index contributed by atoms with van der Waals surface area (Å²) in [6, 6.07) is 4.84. The maximum Gasteiger partial charge on any atom is 0.0710 e. The molecule has 0 saturated carbocycles. The van der Waals surface area contributed by atoms with E-state index in [2.05, 4.69) is 24.0 Å². The van der Waals surface area contributed by atoms with E-state index in [1.54, 1.807) is 7.11 Å². The summed E-state index contributed by atoms with van der Waals surface area (Å²) in [6.07, 6.45) is 2.62. The zero-order chi connectivity index (χ0) is 12.3. The Morgan fingerprint density at radius 2 is 2.41 bits per heavy atom. The van der Waals surface area contributed by atoms with Crippen molar-refractivity contribution in [3.63, 3.8) is 0 Å². The van der Waals surface area contributed by atoms with Gasteiger partial charge in [-0.2, -0.15) is 0 Å². The summed E-state index contributed by atoms with van der Waals surface area (Å²) in [7, 11) is 1.80. The van der Waals surface area contributed by atoms with Crippen molar-refractivity contribution >= 4 is 11.3 Å². The Morgan fingerprint density at radius 1 is 1.59 bits per heavy atom. The third-order valence-electron chi connectivity index (χ3n) is 3.53. The molecular weight excluding hydrogens is 232 g/mol. The van der Waals surface area contributed by atoms with Gasteiger partial charge in [0.05, 0.1) is 12.1 Å². The molecule has 17 heavy (non-hydrogen) atoms. The van der Waals surface area contributed by atoms with E-state index in [-0.39, 0.29) is 0 Å². The molecule has 2 rings (SSSR count). The van der Waals surface area contributed by atoms with E-state index in [1.807, 2.05) is 11.3 Å². The van der Waals surface area contributed by atoms with Gasteiger partial charge in [-0.25, -0.2) is 0 Å². The second kappa shape index (κ2) is 5.96. The van der Waals surface area contributed by atoms with Gasteiger partial charge in [-0.3, -0.25) is 4.90 Å². The van der Waals surface area contributed by atoms with Gasteiger partial charge < -0.3 is 10.5 Å². The number of thiophene rings is 1. The van der Waals surface area contributed by atoms with Gasteiger partial charge in [0.2, 0.25) is 0 Å². The Balaban J connectivity index is 2.06. The van der Waals surface area contributed by atoms with E-state index in [1.165, 1.54) is 9.75 Å². The van der Waals surface area contributed by atoms with E-state index in [4.69, 9.17) is 10.5 Å². The number of likely N-dealkylation sites (tertiary alicyclic amines) is 1. The van der Waals surface area contributed by atoms with Crippen molar-refractivity contribution in [2.45, 2.75) is 31.9 Å². The zero-order valence-corrected chi connectivity index (χ0v) is 11.5. The minimum absolute atomic E-state index is 0.375. The molecule has 2 unspecified atom stereocenters. The highest BCUT2D eigenvalue weighted by molar-refractivity contribution is 7.12. The fourth-order valence-corrected chi connectivity index (χ4v) is 3.54. The van der Waals surface area contributed by atoms with E-state index < -0.39 is 0 Å². The van der Waals surface area contributed by atoms with Crippen LogP contribution in [0.2, 0.25) is 0 Å². The van der Waals surface area contributed by atoms with Crippen LogP contribution >= 0.6 is 11.3 Å². The number of nitrogens with two attached hydrogens (primary N) is 1. The normalized spacial score (nSPS) is 23.1. The Bertz CT molecular complexity index is 353. The average Bonchev–Trinajstić information content (AvgIpc) is 2.99. The molecule has 0 spiro atoms. The Hall–Kier alpha value is -0.420. The smallest absolute Gasteiger partial charge is 0.0710 e. The van der Waals surface area contributed by atoms with Crippen molar-refractivity contribution in [2.75, 3.05) is 26.7 Å². The number of rotatable bonds is 5. The van der Waals surface area contributed by atoms with Crippen molar-refractivity contribution < 1.29 is 4.74 Å². The van der Waals surface area contributed by atoms with Gasteiger partial charge in [0.15, 0.2) is 0 Å². The topological polar surface area (TPSA) is 38.5 Å². The van der Waals surface area contributed by atoms with E-state index >= 15 is 0 Å². The molecule has 96 valence electrons. The van der Waals surface area contributed by atoms with Crippen LogP contribution in [0.25, 0.3) is 0 Å². The van der Waals surface area contributed by atoms with Gasteiger partial charge in [-0.15, -0.1) is 11.3 Å². The average molecular weight is 254 g/mol. The summed E-state index contributed by atoms with van der Waals surface area (Å²) >= 11 is 1.90. The molecule has 1 saturated heterocycles. The molecule has 2 N–H and O–H groups in total. The first-order valence-electron chi connectivity index (χ1n) is 6.34. The van der Waals surface area contributed by atoms with Gasteiger partial charge in [0.1, 0.15) is 0 Å². The van der Waals surface area contributed by atoms with Crippen LogP contribution in [0.5, 0.6) is 0 Å². The second-order valence-corrected chi connectivity index (χ2v) is 5.75. The maximum atomic E-state index is 5.95. The molecule has 0 bridgehead atoms. The molecule has 1 aromatic heterocycles. The van der Waals surface area contributed by atoms with E-state index in [0.717, 1.165) is 25.9 Å². The number of hydrogen-bond donors (Lipinski definition) is 1. The van der Waals surface area contributed by atoms with Crippen LogP contribution in [0.3, 0.4) is 0 Å². The minimum Gasteiger partial charge on any atom is -0.380 e. The van der Waals surface area contributed by atoms with E-state index in [0.29, 0.717) is 18.7 Å². The van der Waals surface area contributed by atoms with Crippen LogP contribution in [-0.2, 0) is 11.2 Å². The van der Waals surface area contributed by atoms with Gasteiger partial charge in [0, 0.05) is 36.5 Å². The highest BCUT2D eigenvalue weighted by Crippen LogP contribution is 2.30. The SMILES string of the molecule is CCc1ccc(C(CN)N2CCC(OC)C2)s1. The van der Waals surface area contributed by atoms with Crippen LogP contribution in [0, 0.1) is 0 Å². The lowest BCUT2D eigenvalue weighted by Gasteiger charge is -2.25. The van der Waals surface area contributed by atoms with Gasteiger partial charge >= 0.3 is 0 Å². The molecule has 0 aliphatic carbocycles. The van der Waals surface area contributed by atoms with Crippen LogP contribution in [0.15, 0.2) is 12.1 Å². The summed E-state index contributed by atoms with van der Waals surface area (Å²) < 4.78 is 5.42. The molecule has 1 fully saturated rings. The summed E-state index contributed by atoms with van der Waals surface area (Å²) in [5.41, 5.74) is 5.95. The van der Waals surface area contributed by atoms with Gasteiger partial charge in [-0.1, -0.05) is 6.92 Å². The number of nitrogens with zero attached hydrogens (tertiary/aromatic N) is 1. The molecule has 0 amide bonds. The lowest BCUT2D eigenvalue weighted by atomic mass is 10.2. The minimum atomic E-state index is 0.375. The third-order valence-corrected chi connectivity index (χ3v) is 4.86. The van der Waals surface area contributed by atoms with Crippen molar-refractivity contribution in [3.05, 3.63) is 21.9 Å². The molecule has 0 radical (unpaired) electrons. The van der Waals surface area contributed by atoms with Crippen molar-refractivity contribution in [1.29, 1.82) is 0 Å². The van der Waals surface area contributed by atoms with Gasteiger partial charge in [-0.05, 0) is 25.0 Å². The predicted octanol–water partition coefficient (Wildman–Crippen LogP) is 2.03. The first kappa shape index (κ1) is 13.0. The predicted molar refractivity (Wildman–Crippen MR) is 72.5 cm³/mol. The molecule has 1 aliphatic heterocycles. The van der Waals surface area contributed by atoms with Gasteiger partial charge in [0.25, 0.3) is 0 Å². The first-order valence-corrected chi connectivity index (χ1v) is 7.15. The largest absolute Gasteiger partial charge is 0.380 e. The van der Waals surface area contributed by atoms with Crippen molar-refractivity contribution in [3.8, 4) is 0 Å². The lowest BCUT2D eigenvalue weighted by Crippen LogP contribution is -2.32. The Labute approximate surface area is 108 Å². The molecule has 1 aliphatic rings. The molecule has 2 atom stereocenters. The molecule has 1 aromatic rings. The lowest BCUT2D eigenvalue weighted by molar-refractivity contribution is 0.102. The zero-order valence-electron chi connectivity index (χ0n) is 10.7. The summed E-state index contributed by atoms with van der Waals surface area (Å²) in [4.78, 5) is 5.31. The highest BCUT2D eigenvalue weighted by Gasteiger charge is 2.28. The monoisotopic (exact) mass is 254 g/mol. The quantitative estimate of drug-likeness (QED) is 0.874. The Morgan fingerprint density at radius 3 is 2.94 bits per heavy atom. The summed E-state index contributed by atoms with van der Waals surface area (Å²) in [5.74, 6) is 0. The molecule has 3 nitrogen and oxygen atoms in total. The number of ether oxygens (including phenoxy) is 1. The molecule has 2 heterocycles. The van der Waals surface area contributed by atoms with Crippen LogP contribution < -0.4 is 5.73 Å². The fraction of sp³-hybridized carbons (Fsp3) is 0.692. The fourth-order valence-electron chi connectivity index (χ4n) is 2.44. The van der Waals surface area contributed by atoms with Crippen LogP contribution in [0.4, 0.5) is 0 Å². The number of methoxy groups -OCH3 is 1. The van der Waals surface area contributed by atoms with Crippen LogP contribution in [-0.4, -0.2) is 37.7 Å². The number of hydrogen-bond acceptors (Lipinski definition) is 4. The number of aryl methyl sites for hydroxylation is 1. The summed E-state index contributed by atoms with van der Waals surface area (Å²) in [5, 5.41) is 0. The second-order valence-electron chi connectivity index (χ2n) is 4.55. The molecule has 4 heteroatoms. The van der Waals surface area contributed by atoms with Crippen LogP contribution in [0.1, 0.15) is 29.1 Å². The summed E-state index contributed by atoms with van der Waals surface area (Å²) in [6.45, 7) is 5.00. The third kappa shape index (κ3) is 2.88. The molecular formula is C13H22N2OS. The molecule has 0 aromatic carbocycles.